The number of anilines is 1. The summed E-state index contributed by atoms with van der Waals surface area (Å²) in [6.45, 7) is 2.09. The van der Waals surface area contributed by atoms with Crippen molar-refractivity contribution in [3.05, 3.63) is 42.0 Å². The van der Waals surface area contributed by atoms with Crippen LogP contribution in [0.25, 0.3) is 0 Å². The Morgan fingerprint density at radius 2 is 1.91 bits per heavy atom. The van der Waals surface area contributed by atoms with Gasteiger partial charge < -0.3 is 14.2 Å². The van der Waals surface area contributed by atoms with Gasteiger partial charge in [0, 0.05) is 6.07 Å². The van der Waals surface area contributed by atoms with Crippen molar-refractivity contribution < 1.29 is 22.6 Å². The fraction of sp³-hybridized carbons (Fsp3) is 0.250. The largest absolute Gasteiger partial charge is 0.496 e. The predicted octanol–water partition coefficient (Wildman–Crippen LogP) is 2.79. The van der Waals surface area contributed by atoms with E-state index in [1.165, 1.54) is 6.07 Å². The molecule has 1 N–H and O–H groups in total. The van der Waals surface area contributed by atoms with Gasteiger partial charge in [0.2, 0.25) is 6.79 Å². The minimum Gasteiger partial charge on any atom is -0.496 e. The molecule has 0 unspecified atom stereocenters. The molecule has 3 rings (SSSR count). The molecule has 2 aromatic carbocycles. The van der Waals surface area contributed by atoms with Crippen LogP contribution in [0.5, 0.6) is 17.2 Å². The van der Waals surface area contributed by atoms with E-state index >= 15 is 0 Å². The molecule has 1 aliphatic rings. The van der Waals surface area contributed by atoms with Gasteiger partial charge in [-0.3, -0.25) is 4.72 Å². The molecule has 0 atom stereocenters. The van der Waals surface area contributed by atoms with Crippen molar-refractivity contribution in [3.63, 3.8) is 0 Å². The van der Waals surface area contributed by atoms with Crippen molar-refractivity contribution in [3.8, 4) is 17.2 Å². The number of fused-ring (bicyclic) bond motifs is 1. The Balaban J connectivity index is 1.90. The summed E-state index contributed by atoms with van der Waals surface area (Å²) in [6, 6.07) is 9.71. The van der Waals surface area contributed by atoms with Crippen molar-refractivity contribution in [2.75, 3.05) is 18.6 Å². The molecular weight excluding hydrogens is 318 g/mol. The number of benzene rings is 2. The lowest BCUT2D eigenvalue weighted by molar-refractivity contribution is 0.174. The van der Waals surface area contributed by atoms with Crippen molar-refractivity contribution in [1.82, 2.24) is 0 Å². The third-order valence-corrected chi connectivity index (χ3v) is 4.95. The average Bonchev–Trinajstić information content (AvgIpc) is 3.01. The Hall–Kier alpha value is -2.41. The van der Waals surface area contributed by atoms with Gasteiger partial charge in [-0.1, -0.05) is 6.92 Å². The molecule has 0 spiro atoms. The second-order valence-electron chi connectivity index (χ2n) is 5.00. The molecule has 0 aromatic heterocycles. The van der Waals surface area contributed by atoms with E-state index in [0.717, 1.165) is 5.56 Å². The van der Waals surface area contributed by atoms with Gasteiger partial charge in [0.05, 0.1) is 17.7 Å². The zero-order valence-electron chi connectivity index (χ0n) is 12.8. The number of ether oxygens (including phenoxy) is 3. The van der Waals surface area contributed by atoms with Gasteiger partial charge in [-0.15, -0.1) is 0 Å². The van der Waals surface area contributed by atoms with Crippen LogP contribution >= 0.6 is 0 Å². The third-order valence-electron chi connectivity index (χ3n) is 3.57. The van der Waals surface area contributed by atoms with Crippen LogP contribution in [0.15, 0.2) is 41.3 Å². The maximum Gasteiger partial charge on any atom is 0.261 e. The molecule has 0 radical (unpaired) electrons. The average molecular weight is 335 g/mol. The van der Waals surface area contributed by atoms with Crippen LogP contribution in [0.2, 0.25) is 0 Å². The summed E-state index contributed by atoms with van der Waals surface area (Å²) in [5, 5.41) is 0. The first-order valence-electron chi connectivity index (χ1n) is 7.13. The second-order valence-corrected chi connectivity index (χ2v) is 6.68. The van der Waals surface area contributed by atoms with Crippen LogP contribution in [-0.4, -0.2) is 22.3 Å². The minimum absolute atomic E-state index is 0.143. The summed E-state index contributed by atoms with van der Waals surface area (Å²) in [5.74, 6) is 1.80. The number of hydrogen-bond donors (Lipinski definition) is 1. The first-order chi connectivity index (χ1) is 11.0. The number of nitrogens with one attached hydrogen (secondary N) is 1. The Morgan fingerprint density at radius 1 is 1.13 bits per heavy atom. The molecule has 0 saturated heterocycles. The predicted molar refractivity (Wildman–Crippen MR) is 85.7 cm³/mol. The van der Waals surface area contributed by atoms with Gasteiger partial charge in [0.25, 0.3) is 10.0 Å². The Bertz CT molecular complexity index is 832. The highest BCUT2D eigenvalue weighted by molar-refractivity contribution is 7.92. The molecule has 0 bridgehead atoms. The third kappa shape index (κ3) is 3.05. The SMILES string of the molecule is CCc1cc(S(=O)(=O)Nc2ccc3c(c2)OCO3)ccc1OC. The van der Waals surface area contributed by atoms with Crippen LogP contribution in [-0.2, 0) is 16.4 Å². The summed E-state index contributed by atoms with van der Waals surface area (Å²) >= 11 is 0. The highest BCUT2D eigenvalue weighted by atomic mass is 32.2. The normalized spacial score (nSPS) is 13.0. The Morgan fingerprint density at radius 3 is 2.65 bits per heavy atom. The molecule has 2 aromatic rings. The highest BCUT2D eigenvalue weighted by Gasteiger charge is 2.19. The van der Waals surface area contributed by atoms with Crippen molar-refractivity contribution in [1.29, 1.82) is 0 Å². The standard InChI is InChI=1S/C16H17NO5S/c1-3-11-8-13(5-7-14(11)20-2)23(18,19)17-12-4-6-15-16(9-12)22-10-21-15/h4-9,17H,3,10H2,1-2H3. The zero-order chi connectivity index (χ0) is 16.4. The lowest BCUT2D eigenvalue weighted by Gasteiger charge is -2.12. The Kier molecular flexibility index (Phi) is 4.04. The maximum absolute atomic E-state index is 12.5. The molecule has 23 heavy (non-hydrogen) atoms. The Labute approximate surface area is 135 Å². The number of aryl methyl sites for hydroxylation is 1. The molecular formula is C16H17NO5S. The van der Waals surface area contributed by atoms with E-state index in [0.29, 0.717) is 29.4 Å². The van der Waals surface area contributed by atoms with E-state index in [-0.39, 0.29) is 11.7 Å². The monoisotopic (exact) mass is 335 g/mol. The van der Waals surface area contributed by atoms with E-state index in [2.05, 4.69) is 4.72 Å². The van der Waals surface area contributed by atoms with Crippen LogP contribution in [0.1, 0.15) is 12.5 Å². The first-order valence-corrected chi connectivity index (χ1v) is 8.61. The molecule has 1 heterocycles. The number of sulfonamides is 1. The molecule has 0 fully saturated rings. The zero-order valence-corrected chi connectivity index (χ0v) is 13.6. The number of methoxy groups -OCH3 is 1. The van der Waals surface area contributed by atoms with E-state index in [4.69, 9.17) is 14.2 Å². The lowest BCUT2D eigenvalue weighted by Crippen LogP contribution is -2.13. The van der Waals surface area contributed by atoms with E-state index in [1.54, 1.807) is 37.4 Å². The molecule has 0 aliphatic carbocycles. The summed E-state index contributed by atoms with van der Waals surface area (Å²) in [4.78, 5) is 0.188. The van der Waals surface area contributed by atoms with E-state index < -0.39 is 10.0 Å². The van der Waals surface area contributed by atoms with Gasteiger partial charge in [-0.25, -0.2) is 8.42 Å². The highest BCUT2D eigenvalue weighted by Crippen LogP contribution is 2.35. The molecule has 0 amide bonds. The van der Waals surface area contributed by atoms with Crippen LogP contribution in [0.3, 0.4) is 0 Å². The smallest absolute Gasteiger partial charge is 0.261 e. The fourth-order valence-corrected chi connectivity index (χ4v) is 3.47. The van der Waals surface area contributed by atoms with Crippen molar-refractivity contribution >= 4 is 15.7 Å². The summed E-state index contributed by atoms with van der Waals surface area (Å²) in [6.07, 6.45) is 0.677. The quantitative estimate of drug-likeness (QED) is 0.909. The summed E-state index contributed by atoms with van der Waals surface area (Å²) in [7, 11) is -2.13. The van der Waals surface area contributed by atoms with Crippen LogP contribution in [0.4, 0.5) is 5.69 Å². The molecule has 122 valence electrons. The molecule has 6 nitrogen and oxygen atoms in total. The number of rotatable bonds is 5. The van der Waals surface area contributed by atoms with Crippen LogP contribution < -0.4 is 18.9 Å². The van der Waals surface area contributed by atoms with E-state index in [9.17, 15) is 8.42 Å². The van der Waals surface area contributed by atoms with E-state index in [1.807, 2.05) is 6.92 Å². The summed E-state index contributed by atoms with van der Waals surface area (Å²) in [5.41, 5.74) is 1.25. The van der Waals surface area contributed by atoms with Crippen molar-refractivity contribution in [2.24, 2.45) is 0 Å². The summed E-state index contributed by atoms with van der Waals surface area (Å²) < 4.78 is 43.3. The molecule has 0 saturated carbocycles. The molecule has 7 heteroatoms. The van der Waals surface area contributed by atoms with Crippen LogP contribution in [0, 0.1) is 0 Å². The van der Waals surface area contributed by atoms with Gasteiger partial charge in [0.1, 0.15) is 5.75 Å². The maximum atomic E-state index is 12.5. The second kappa shape index (κ2) is 6.00. The van der Waals surface area contributed by atoms with Crippen molar-refractivity contribution in [2.45, 2.75) is 18.2 Å². The molecule has 1 aliphatic heterocycles. The number of hydrogen-bond acceptors (Lipinski definition) is 5. The lowest BCUT2D eigenvalue weighted by atomic mass is 10.1. The first kappa shape index (κ1) is 15.5. The topological polar surface area (TPSA) is 73.9 Å². The fourth-order valence-electron chi connectivity index (χ4n) is 2.37. The minimum atomic E-state index is -3.69. The van der Waals surface area contributed by atoms with Gasteiger partial charge >= 0.3 is 0 Å². The van der Waals surface area contributed by atoms with Gasteiger partial charge in [-0.2, -0.15) is 0 Å². The van der Waals surface area contributed by atoms with Gasteiger partial charge in [-0.05, 0) is 42.3 Å². The van der Waals surface area contributed by atoms with Gasteiger partial charge in [0.15, 0.2) is 11.5 Å².